The van der Waals surface area contributed by atoms with Gasteiger partial charge < -0.3 is 15.8 Å². The Morgan fingerprint density at radius 3 is 2.38 bits per heavy atom. The summed E-state index contributed by atoms with van der Waals surface area (Å²) in [7, 11) is 0. The Morgan fingerprint density at radius 2 is 1.90 bits per heavy atom. The summed E-state index contributed by atoms with van der Waals surface area (Å²) in [6, 6.07) is 2.02. The molecule has 2 heterocycles. The first-order chi connectivity index (χ1) is 9.74. The van der Waals surface area contributed by atoms with Gasteiger partial charge in [0.1, 0.15) is 11.5 Å². The number of oxime groups is 1. The summed E-state index contributed by atoms with van der Waals surface area (Å²) in [5.41, 5.74) is 4.76. The minimum Gasteiger partial charge on any atom is -0.409 e. The highest BCUT2D eigenvalue weighted by Crippen LogP contribution is 2.33. The molecule has 1 aromatic rings. The van der Waals surface area contributed by atoms with Crippen molar-refractivity contribution in [3.05, 3.63) is 23.4 Å². The van der Waals surface area contributed by atoms with Crippen molar-refractivity contribution in [1.29, 1.82) is 0 Å². The molecule has 21 heavy (non-hydrogen) atoms. The molecule has 5 nitrogen and oxygen atoms in total. The molecule has 1 saturated heterocycles. The van der Waals surface area contributed by atoms with Gasteiger partial charge in [-0.05, 0) is 24.0 Å². The molecular formula is C13H17F3N4O. The molecule has 0 amide bonds. The lowest BCUT2D eigenvalue weighted by Crippen LogP contribution is -2.27. The van der Waals surface area contributed by atoms with Crippen LogP contribution >= 0.6 is 0 Å². The molecule has 116 valence electrons. The lowest BCUT2D eigenvalue weighted by Gasteiger charge is -2.21. The second kappa shape index (κ2) is 5.42. The zero-order valence-corrected chi connectivity index (χ0v) is 11.7. The Kier molecular flexibility index (Phi) is 3.97. The van der Waals surface area contributed by atoms with E-state index < -0.39 is 11.9 Å². The first-order valence-corrected chi connectivity index (χ1v) is 6.55. The molecule has 0 aliphatic carbocycles. The number of hydrogen-bond acceptors (Lipinski definition) is 4. The van der Waals surface area contributed by atoms with Crippen LogP contribution in [0.2, 0.25) is 0 Å². The van der Waals surface area contributed by atoms with Gasteiger partial charge in [-0.3, -0.25) is 0 Å². The van der Waals surface area contributed by atoms with Gasteiger partial charge in [-0.25, -0.2) is 4.98 Å². The third-order valence-electron chi connectivity index (χ3n) is 3.84. The maximum Gasteiger partial charge on any atom is 0.433 e. The van der Waals surface area contributed by atoms with Crippen molar-refractivity contribution in [2.24, 2.45) is 22.7 Å². The molecule has 2 rings (SSSR count). The Morgan fingerprint density at radius 1 is 1.33 bits per heavy atom. The van der Waals surface area contributed by atoms with E-state index in [1.165, 1.54) is 6.07 Å². The molecule has 2 unspecified atom stereocenters. The van der Waals surface area contributed by atoms with Crippen molar-refractivity contribution >= 4 is 11.7 Å². The van der Waals surface area contributed by atoms with Crippen LogP contribution in [0.3, 0.4) is 0 Å². The number of alkyl halides is 3. The van der Waals surface area contributed by atoms with Gasteiger partial charge in [0.05, 0.1) is 5.56 Å². The lowest BCUT2D eigenvalue weighted by molar-refractivity contribution is -0.141. The van der Waals surface area contributed by atoms with Crippen LogP contribution in [0.25, 0.3) is 0 Å². The predicted molar refractivity (Wildman–Crippen MR) is 72.3 cm³/mol. The number of pyridine rings is 1. The highest BCUT2D eigenvalue weighted by Gasteiger charge is 2.35. The molecule has 3 N–H and O–H groups in total. The van der Waals surface area contributed by atoms with Crippen molar-refractivity contribution in [2.75, 3.05) is 18.0 Å². The van der Waals surface area contributed by atoms with Crippen LogP contribution < -0.4 is 10.6 Å². The van der Waals surface area contributed by atoms with Crippen LogP contribution in [0.1, 0.15) is 25.1 Å². The van der Waals surface area contributed by atoms with Gasteiger partial charge in [-0.1, -0.05) is 19.0 Å². The summed E-state index contributed by atoms with van der Waals surface area (Å²) < 4.78 is 38.5. The molecule has 0 aromatic carbocycles. The predicted octanol–water partition coefficient (Wildman–Crippen LogP) is 2.29. The maximum atomic E-state index is 12.8. The van der Waals surface area contributed by atoms with Crippen LogP contribution in [0.15, 0.2) is 17.3 Å². The fourth-order valence-electron chi connectivity index (χ4n) is 2.40. The third kappa shape index (κ3) is 3.03. The van der Waals surface area contributed by atoms with Gasteiger partial charge >= 0.3 is 6.18 Å². The number of nitrogens with two attached hydrogens (primary N) is 1. The molecule has 0 saturated carbocycles. The minimum atomic E-state index is -4.53. The molecule has 1 aromatic heterocycles. The fourth-order valence-corrected chi connectivity index (χ4v) is 2.40. The number of halogens is 3. The molecule has 0 spiro atoms. The SMILES string of the molecule is CC1CN(c2nc(C(F)(F)F)ccc2C(N)=NO)CC1C. The van der Waals surface area contributed by atoms with Crippen LogP contribution in [0.4, 0.5) is 19.0 Å². The molecule has 1 aliphatic heterocycles. The summed E-state index contributed by atoms with van der Waals surface area (Å²) in [5, 5.41) is 11.7. The molecule has 2 atom stereocenters. The molecular weight excluding hydrogens is 285 g/mol. The highest BCUT2D eigenvalue weighted by atomic mass is 19.4. The Labute approximate surface area is 120 Å². The summed E-state index contributed by atoms with van der Waals surface area (Å²) in [6.07, 6.45) is -4.53. The maximum absolute atomic E-state index is 12.8. The Bertz CT molecular complexity index is 549. The van der Waals surface area contributed by atoms with Crippen molar-refractivity contribution in [2.45, 2.75) is 20.0 Å². The van der Waals surface area contributed by atoms with E-state index in [1.807, 2.05) is 13.8 Å². The molecule has 1 fully saturated rings. The number of rotatable bonds is 2. The van der Waals surface area contributed by atoms with Gasteiger partial charge in [0.15, 0.2) is 5.84 Å². The van der Waals surface area contributed by atoms with E-state index in [9.17, 15) is 13.2 Å². The van der Waals surface area contributed by atoms with E-state index in [-0.39, 0.29) is 17.2 Å². The topological polar surface area (TPSA) is 74.7 Å². The smallest absolute Gasteiger partial charge is 0.409 e. The number of amidine groups is 1. The van der Waals surface area contributed by atoms with E-state index in [1.54, 1.807) is 4.90 Å². The van der Waals surface area contributed by atoms with Gasteiger partial charge in [0, 0.05) is 13.1 Å². The molecule has 1 aliphatic rings. The second-order valence-corrected chi connectivity index (χ2v) is 5.41. The number of anilines is 1. The number of aromatic nitrogens is 1. The van der Waals surface area contributed by atoms with Crippen molar-refractivity contribution in [3.8, 4) is 0 Å². The summed E-state index contributed by atoms with van der Waals surface area (Å²) in [5.74, 6) is 0.526. The first-order valence-electron chi connectivity index (χ1n) is 6.55. The van der Waals surface area contributed by atoms with Crippen LogP contribution in [-0.2, 0) is 6.18 Å². The zero-order valence-electron chi connectivity index (χ0n) is 11.7. The van der Waals surface area contributed by atoms with E-state index >= 15 is 0 Å². The van der Waals surface area contributed by atoms with E-state index in [0.29, 0.717) is 24.9 Å². The van der Waals surface area contributed by atoms with Crippen LogP contribution in [0.5, 0.6) is 0 Å². The van der Waals surface area contributed by atoms with Gasteiger partial charge in [0.25, 0.3) is 0 Å². The van der Waals surface area contributed by atoms with Crippen LogP contribution in [0, 0.1) is 11.8 Å². The van der Waals surface area contributed by atoms with E-state index in [2.05, 4.69) is 10.1 Å². The van der Waals surface area contributed by atoms with Crippen LogP contribution in [-0.4, -0.2) is 29.1 Å². The molecule has 8 heteroatoms. The second-order valence-electron chi connectivity index (χ2n) is 5.41. The summed E-state index contributed by atoms with van der Waals surface area (Å²) in [4.78, 5) is 5.44. The molecule has 0 bridgehead atoms. The monoisotopic (exact) mass is 302 g/mol. The van der Waals surface area contributed by atoms with Gasteiger partial charge in [0.2, 0.25) is 0 Å². The number of nitrogens with zero attached hydrogens (tertiary/aromatic N) is 3. The Hall–Kier alpha value is -1.99. The van der Waals surface area contributed by atoms with E-state index in [4.69, 9.17) is 10.9 Å². The standard InChI is InChI=1S/C13H17F3N4O/c1-7-5-20(6-8(7)2)12-9(11(17)19-21)3-4-10(18-12)13(14,15)16/h3-4,7-8,21H,5-6H2,1-2H3,(H2,17,19). The third-order valence-corrected chi connectivity index (χ3v) is 3.84. The van der Waals surface area contributed by atoms with Crippen molar-refractivity contribution in [3.63, 3.8) is 0 Å². The van der Waals surface area contributed by atoms with E-state index in [0.717, 1.165) is 6.07 Å². The molecule has 0 radical (unpaired) electrons. The summed E-state index contributed by atoms with van der Waals surface area (Å²) >= 11 is 0. The van der Waals surface area contributed by atoms with Gasteiger partial charge in [-0.15, -0.1) is 0 Å². The van der Waals surface area contributed by atoms with Crippen molar-refractivity contribution in [1.82, 2.24) is 4.98 Å². The number of hydrogen-bond donors (Lipinski definition) is 2. The average Bonchev–Trinajstić information content (AvgIpc) is 2.76. The first kappa shape index (κ1) is 15.4. The quantitative estimate of drug-likeness (QED) is 0.380. The zero-order chi connectivity index (χ0) is 15.8. The minimum absolute atomic E-state index is 0.108. The average molecular weight is 302 g/mol. The lowest BCUT2D eigenvalue weighted by atomic mass is 10.0. The normalized spacial score (nSPS) is 23.7. The van der Waals surface area contributed by atoms with Gasteiger partial charge in [-0.2, -0.15) is 13.2 Å². The van der Waals surface area contributed by atoms with Crippen molar-refractivity contribution < 1.29 is 18.4 Å². The fraction of sp³-hybridized carbons (Fsp3) is 0.538. The Balaban J connectivity index is 2.49. The highest BCUT2D eigenvalue weighted by molar-refractivity contribution is 6.01. The summed E-state index contributed by atoms with van der Waals surface area (Å²) in [6.45, 7) is 5.23. The largest absolute Gasteiger partial charge is 0.433 e.